The highest BCUT2D eigenvalue weighted by molar-refractivity contribution is 5.80. The monoisotopic (exact) mass is 291 g/mol. The second-order valence-corrected chi connectivity index (χ2v) is 6.09. The van der Waals surface area contributed by atoms with Crippen molar-refractivity contribution in [2.75, 3.05) is 13.7 Å². The van der Waals surface area contributed by atoms with Gasteiger partial charge in [-0.2, -0.15) is 0 Å². The Kier molecular flexibility index (Phi) is 4.88. The molecule has 0 aliphatic heterocycles. The van der Waals surface area contributed by atoms with Crippen LogP contribution in [-0.4, -0.2) is 31.3 Å². The number of carbonyl (C=O) groups excluding carboxylic acids is 1. The predicted molar refractivity (Wildman–Crippen MR) is 82.6 cm³/mol. The minimum absolute atomic E-state index is 0.224. The number of carbonyl (C=O) groups is 1. The summed E-state index contributed by atoms with van der Waals surface area (Å²) in [5, 5.41) is 3.37. The molecule has 1 atom stereocenters. The van der Waals surface area contributed by atoms with Crippen LogP contribution in [0.25, 0.3) is 0 Å². The van der Waals surface area contributed by atoms with Crippen LogP contribution in [0.3, 0.4) is 0 Å². The summed E-state index contributed by atoms with van der Waals surface area (Å²) in [6.45, 7) is 6.51. The zero-order valence-electron chi connectivity index (χ0n) is 13.4. The van der Waals surface area contributed by atoms with Gasteiger partial charge in [-0.15, -0.1) is 0 Å². The maximum Gasteiger partial charge on any atom is 0.325 e. The summed E-state index contributed by atoms with van der Waals surface area (Å²) in [4.78, 5) is 12.0. The minimum atomic E-state index is -0.671. The van der Waals surface area contributed by atoms with Gasteiger partial charge in [0.05, 0.1) is 13.7 Å². The molecule has 1 saturated carbocycles. The fourth-order valence-electron chi connectivity index (χ4n) is 2.31. The molecule has 4 heteroatoms. The number of nitrogens with one attached hydrogen (secondary N) is 1. The summed E-state index contributed by atoms with van der Waals surface area (Å²) in [6.07, 6.45) is 2.85. The van der Waals surface area contributed by atoms with Crippen molar-refractivity contribution in [3.05, 3.63) is 29.3 Å². The van der Waals surface area contributed by atoms with Crippen molar-refractivity contribution in [1.29, 1.82) is 0 Å². The molecule has 0 heterocycles. The normalized spacial score (nSPS) is 17.1. The Hall–Kier alpha value is -1.55. The number of hydrogen-bond donors (Lipinski definition) is 1. The van der Waals surface area contributed by atoms with Gasteiger partial charge in [-0.3, -0.25) is 10.1 Å². The zero-order valence-corrected chi connectivity index (χ0v) is 13.4. The number of rotatable bonds is 7. The summed E-state index contributed by atoms with van der Waals surface area (Å²) in [6, 6.07) is 6.48. The van der Waals surface area contributed by atoms with Gasteiger partial charge in [0, 0.05) is 12.5 Å². The van der Waals surface area contributed by atoms with Gasteiger partial charge in [-0.25, -0.2) is 0 Å². The lowest BCUT2D eigenvalue weighted by Crippen LogP contribution is -2.52. The van der Waals surface area contributed by atoms with Gasteiger partial charge >= 0.3 is 5.97 Å². The van der Waals surface area contributed by atoms with Gasteiger partial charge in [0.1, 0.15) is 11.3 Å². The predicted octanol–water partition coefficient (Wildman–Crippen LogP) is 2.76. The summed E-state index contributed by atoms with van der Waals surface area (Å²) in [5.74, 6) is 0.620. The molecule has 0 aromatic heterocycles. The molecule has 0 bridgehead atoms. The first kappa shape index (κ1) is 15.8. The molecule has 1 aliphatic carbocycles. The summed E-state index contributed by atoms with van der Waals surface area (Å²) in [5.41, 5.74) is 1.78. The van der Waals surface area contributed by atoms with Crippen LogP contribution >= 0.6 is 0 Å². The van der Waals surface area contributed by atoms with E-state index in [9.17, 15) is 4.79 Å². The van der Waals surface area contributed by atoms with E-state index < -0.39 is 5.54 Å². The molecule has 1 aromatic rings. The van der Waals surface area contributed by atoms with Crippen LogP contribution in [0.5, 0.6) is 5.75 Å². The average molecular weight is 291 g/mol. The molecular formula is C17H25NO3. The number of ether oxygens (including phenoxy) is 2. The molecule has 4 nitrogen and oxygen atoms in total. The van der Waals surface area contributed by atoms with Crippen molar-refractivity contribution in [1.82, 2.24) is 5.32 Å². The molecule has 0 spiro atoms. The summed E-state index contributed by atoms with van der Waals surface area (Å²) >= 11 is 0. The van der Waals surface area contributed by atoms with Crippen molar-refractivity contribution >= 4 is 5.97 Å². The maximum atomic E-state index is 12.0. The third-order valence-electron chi connectivity index (χ3n) is 4.09. The SMILES string of the molecule is COC(=O)C(C)(CCOc1ccc(C)c(C)c1)NC1CC1. The highest BCUT2D eigenvalue weighted by Gasteiger charge is 2.39. The van der Waals surface area contributed by atoms with E-state index >= 15 is 0 Å². The van der Waals surface area contributed by atoms with Crippen molar-refractivity contribution in [2.24, 2.45) is 0 Å². The van der Waals surface area contributed by atoms with Gasteiger partial charge in [-0.1, -0.05) is 6.07 Å². The fraction of sp³-hybridized carbons (Fsp3) is 0.588. The van der Waals surface area contributed by atoms with Gasteiger partial charge in [0.2, 0.25) is 0 Å². The van der Waals surface area contributed by atoms with Crippen LogP contribution in [0.2, 0.25) is 0 Å². The Morgan fingerprint density at radius 1 is 1.33 bits per heavy atom. The number of esters is 1. The number of hydrogen-bond acceptors (Lipinski definition) is 4. The number of benzene rings is 1. The zero-order chi connectivity index (χ0) is 15.5. The van der Waals surface area contributed by atoms with E-state index in [0.29, 0.717) is 19.1 Å². The quantitative estimate of drug-likeness (QED) is 0.785. The van der Waals surface area contributed by atoms with E-state index in [4.69, 9.17) is 9.47 Å². The molecule has 0 amide bonds. The fourth-order valence-corrected chi connectivity index (χ4v) is 2.31. The van der Waals surface area contributed by atoms with Crippen LogP contribution in [0.15, 0.2) is 18.2 Å². The second-order valence-electron chi connectivity index (χ2n) is 6.09. The van der Waals surface area contributed by atoms with Crippen molar-refractivity contribution in [2.45, 2.75) is 51.6 Å². The van der Waals surface area contributed by atoms with E-state index in [-0.39, 0.29) is 5.97 Å². The average Bonchev–Trinajstić information content (AvgIpc) is 3.25. The first-order chi connectivity index (χ1) is 9.94. The largest absolute Gasteiger partial charge is 0.493 e. The van der Waals surface area contributed by atoms with E-state index in [1.807, 2.05) is 25.1 Å². The van der Waals surface area contributed by atoms with Crippen LogP contribution in [0.4, 0.5) is 0 Å². The Morgan fingerprint density at radius 3 is 2.62 bits per heavy atom. The molecule has 1 aromatic carbocycles. The Morgan fingerprint density at radius 2 is 2.05 bits per heavy atom. The minimum Gasteiger partial charge on any atom is -0.493 e. The lowest BCUT2D eigenvalue weighted by atomic mass is 9.98. The van der Waals surface area contributed by atoms with Crippen molar-refractivity contribution in [3.8, 4) is 5.75 Å². The van der Waals surface area contributed by atoms with Crippen LogP contribution in [0, 0.1) is 13.8 Å². The molecule has 1 N–H and O–H groups in total. The molecule has 1 aliphatic rings. The van der Waals surface area contributed by atoms with Gasteiger partial charge in [0.15, 0.2) is 0 Å². The molecule has 21 heavy (non-hydrogen) atoms. The molecular weight excluding hydrogens is 266 g/mol. The van der Waals surface area contributed by atoms with Crippen molar-refractivity contribution in [3.63, 3.8) is 0 Å². The number of methoxy groups -OCH3 is 1. The smallest absolute Gasteiger partial charge is 0.325 e. The first-order valence-electron chi connectivity index (χ1n) is 7.51. The Balaban J connectivity index is 1.91. The third kappa shape index (κ3) is 4.21. The van der Waals surface area contributed by atoms with Crippen LogP contribution in [0.1, 0.15) is 37.3 Å². The maximum absolute atomic E-state index is 12.0. The molecule has 2 rings (SSSR count). The van der Waals surface area contributed by atoms with E-state index in [2.05, 4.69) is 19.2 Å². The Labute approximate surface area is 126 Å². The summed E-state index contributed by atoms with van der Waals surface area (Å²) < 4.78 is 10.7. The Bertz CT molecular complexity index is 511. The lowest BCUT2D eigenvalue weighted by molar-refractivity contribution is -0.148. The third-order valence-corrected chi connectivity index (χ3v) is 4.09. The van der Waals surface area contributed by atoms with Gasteiger partial charge in [-0.05, 0) is 56.9 Å². The highest BCUT2D eigenvalue weighted by Crippen LogP contribution is 2.25. The lowest BCUT2D eigenvalue weighted by Gasteiger charge is -2.28. The van der Waals surface area contributed by atoms with E-state index in [1.54, 1.807) is 0 Å². The standard InChI is InChI=1S/C17H25NO3/c1-12-5-8-15(11-13(12)2)21-10-9-17(3,16(19)20-4)18-14-6-7-14/h5,8,11,14,18H,6-7,9-10H2,1-4H3. The molecule has 1 unspecified atom stereocenters. The van der Waals surface area contributed by atoms with Gasteiger partial charge in [0.25, 0.3) is 0 Å². The first-order valence-corrected chi connectivity index (χ1v) is 7.51. The van der Waals surface area contributed by atoms with E-state index in [0.717, 1.165) is 18.6 Å². The molecule has 116 valence electrons. The van der Waals surface area contributed by atoms with Crippen molar-refractivity contribution < 1.29 is 14.3 Å². The molecule has 0 radical (unpaired) electrons. The highest BCUT2D eigenvalue weighted by atomic mass is 16.5. The second kappa shape index (κ2) is 6.48. The molecule has 1 fully saturated rings. The molecule has 0 saturated heterocycles. The van der Waals surface area contributed by atoms with Crippen LogP contribution in [-0.2, 0) is 9.53 Å². The van der Waals surface area contributed by atoms with Crippen LogP contribution < -0.4 is 10.1 Å². The topological polar surface area (TPSA) is 47.6 Å². The number of aryl methyl sites for hydroxylation is 2. The summed E-state index contributed by atoms with van der Waals surface area (Å²) in [7, 11) is 1.43. The van der Waals surface area contributed by atoms with Gasteiger partial charge < -0.3 is 9.47 Å². The van der Waals surface area contributed by atoms with E-state index in [1.165, 1.54) is 18.2 Å².